The standard InChI is InChI=1S/C7H9.C5H5.Ni/c1-6-4-3-5-7(6)2;1-2-4-5-3-1;/h3-5H,1-2H3;1-5H;/q-1;-5;. The Balaban J connectivity index is 0.000000215. The fourth-order valence-corrected chi connectivity index (χ4v) is 0.920. The Morgan fingerprint density at radius 3 is 1.69 bits per heavy atom. The van der Waals surface area contributed by atoms with Gasteiger partial charge in [0.05, 0.1) is 0 Å². The van der Waals surface area contributed by atoms with Crippen LogP contribution >= 0.6 is 0 Å². The number of aryl methyl sites for hydroxylation is 2. The predicted molar refractivity (Wildman–Crippen MR) is 53.5 cm³/mol. The van der Waals surface area contributed by atoms with Crippen molar-refractivity contribution in [2.75, 3.05) is 0 Å². The summed E-state index contributed by atoms with van der Waals surface area (Å²) in [7, 11) is 0. The van der Waals surface area contributed by atoms with Crippen molar-refractivity contribution in [1.82, 2.24) is 0 Å². The molecule has 0 N–H and O–H groups in total. The molecule has 0 spiro atoms. The largest absolute Gasteiger partial charge is 0.748 e. The van der Waals surface area contributed by atoms with Gasteiger partial charge >= 0.3 is 0 Å². The Morgan fingerprint density at radius 2 is 1.54 bits per heavy atom. The summed E-state index contributed by atoms with van der Waals surface area (Å²) in [6, 6.07) is 16.3. The zero-order valence-corrected chi connectivity index (χ0v) is 8.92. The molecule has 2 aromatic carbocycles. The minimum absolute atomic E-state index is 0. The summed E-state index contributed by atoms with van der Waals surface area (Å²) in [5.41, 5.74) is 2.78. The Kier molecular flexibility index (Phi) is 6.27. The molecule has 0 heterocycles. The van der Waals surface area contributed by atoms with Crippen LogP contribution in [-0.4, -0.2) is 0 Å². The number of hydrogen-bond acceptors (Lipinski definition) is 0. The summed E-state index contributed by atoms with van der Waals surface area (Å²) in [6.45, 7) is 4.24. The van der Waals surface area contributed by atoms with E-state index in [-0.39, 0.29) is 16.5 Å². The van der Waals surface area contributed by atoms with E-state index < -0.39 is 0 Å². The van der Waals surface area contributed by atoms with Crippen LogP contribution in [0.5, 0.6) is 0 Å². The topological polar surface area (TPSA) is 0 Å². The van der Waals surface area contributed by atoms with Crippen molar-refractivity contribution in [2.45, 2.75) is 13.8 Å². The molecule has 0 fully saturated rings. The van der Waals surface area contributed by atoms with Gasteiger partial charge in [-0.3, -0.25) is 0 Å². The van der Waals surface area contributed by atoms with Crippen LogP contribution in [0.25, 0.3) is 0 Å². The molecular formula is C12H14Ni-6. The third-order valence-electron chi connectivity index (χ3n) is 1.87. The zero-order chi connectivity index (χ0) is 8.81. The Bertz CT molecular complexity index is 257. The molecule has 0 amide bonds. The zero-order valence-electron chi connectivity index (χ0n) is 7.94. The van der Waals surface area contributed by atoms with Crippen molar-refractivity contribution in [3.8, 4) is 0 Å². The normalized spacial score (nSPS) is 8.15. The van der Waals surface area contributed by atoms with E-state index >= 15 is 0 Å². The van der Waals surface area contributed by atoms with Crippen molar-refractivity contribution in [1.29, 1.82) is 0 Å². The molecule has 0 bridgehead atoms. The first-order valence-electron chi connectivity index (χ1n) is 4.16. The summed E-state index contributed by atoms with van der Waals surface area (Å²) in [6.07, 6.45) is 0. The second-order valence-corrected chi connectivity index (χ2v) is 2.85. The van der Waals surface area contributed by atoms with Crippen molar-refractivity contribution in [2.24, 2.45) is 0 Å². The van der Waals surface area contributed by atoms with Crippen LogP contribution in [0, 0.1) is 13.8 Å². The maximum absolute atomic E-state index is 2.12. The number of hydrogen-bond donors (Lipinski definition) is 0. The molecule has 13 heavy (non-hydrogen) atoms. The van der Waals surface area contributed by atoms with E-state index in [1.54, 1.807) is 0 Å². The van der Waals surface area contributed by atoms with Crippen LogP contribution < -0.4 is 0 Å². The van der Waals surface area contributed by atoms with Crippen LogP contribution in [0.2, 0.25) is 0 Å². The molecule has 0 radical (unpaired) electrons. The maximum Gasteiger partial charge on any atom is 0 e. The average molecular weight is 217 g/mol. The van der Waals surface area contributed by atoms with Gasteiger partial charge in [0.25, 0.3) is 0 Å². The molecule has 2 rings (SSSR count). The van der Waals surface area contributed by atoms with Gasteiger partial charge in [-0.05, 0) is 0 Å². The van der Waals surface area contributed by atoms with Crippen molar-refractivity contribution >= 4 is 0 Å². The van der Waals surface area contributed by atoms with E-state index in [0.717, 1.165) is 0 Å². The van der Waals surface area contributed by atoms with E-state index in [1.807, 2.05) is 30.3 Å². The molecule has 0 aliphatic heterocycles. The van der Waals surface area contributed by atoms with E-state index in [4.69, 9.17) is 0 Å². The minimum Gasteiger partial charge on any atom is -0.748 e. The van der Waals surface area contributed by atoms with Crippen molar-refractivity contribution in [3.63, 3.8) is 0 Å². The minimum atomic E-state index is 0. The first-order chi connectivity index (χ1) is 5.80. The number of rotatable bonds is 0. The van der Waals surface area contributed by atoms with Gasteiger partial charge in [-0.2, -0.15) is 17.2 Å². The molecule has 0 aliphatic rings. The quantitative estimate of drug-likeness (QED) is 0.468. The maximum atomic E-state index is 2.12. The summed E-state index contributed by atoms with van der Waals surface area (Å²) >= 11 is 0. The van der Waals surface area contributed by atoms with Gasteiger partial charge in [-0.25, -0.2) is 12.1 Å². The Labute approximate surface area is 90.2 Å². The monoisotopic (exact) mass is 216 g/mol. The van der Waals surface area contributed by atoms with Gasteiger partial charge < -0.3 is 30.3 Å². The van der Waals surface area contributed by atoms with E-state index in [9.17, 15) is 0 Å². The van der Waals surface area contributed by atoms with Gasteiger partial charge in [-0.15, -0.1) is 0 Å². The molecule has 0 saturated heterocycles. The molecule has 1 heteroatoms. The molecule has 0 atom stereocenters. The molecule has 2 aromatic rings. The van der Waals surface area contributed by atoms with E-state index in [1.165, 1.54) is 11.1 Å². The van der Waals surface area contributed by atoms with Gasteiger partial charge in [0, 0.05) is 16.5 Å². The van der Waals surface area contributed by atoms with E-state index in [0.29, 0.717) is 0 Å². The first kappa shape index (κ1) is 12.2. The molecule has 0 unspecified atom stereocenters. The molecule has 78 valence electrons. The van der Waals surface area contributed by atoms with Crippen LogP contribution in [-0.2, 0) is 16.5 Å². The van der Waals surface area contributed by atoms with Crippen LogP contribution in [0.15, 0.2) is 48.5 Å². The summed E-state index contributed by atoms with van der Waals surface area (Å²) in [4.78, 5) is 0. The van der Waals surface area contributed by atoms with Crippen molar-refractivity contribution < 1.29 is 16.5 Å². The molecule has 0 saturated carbocycles. The summed E-state index contributed by atoms with van der Waals surface area (Å²) < 4.78 is 0. The molecule has 0 aromatic heterocycles. The van der Waals surface area contributed by atoms with Crippen LogP contribution in [0.3, 0.4) is 0 Å². The fourth-order valence-electron chi connectivity index (χ4n) is 0.920. The van der Waals surface area contributed by atoms with Crippen molar-refractivity contribution in [3.05, 3.63) is 59.7 Å². The SMILES string of the molecule is Cc1ccc[c-]1C.[Ni].[cH-]1[cH-][cH-][cH-][cH-]1. The van der Waals surface area contributed by atoms with Crippen LogP contribution in [0.1, 0.15) is 11.1 Å². The fraction of sp³-hybridized carbons (Fsp3) is 0.167. The second kappa shape index (κ2) is 6.68. The Hall–Kier alpha value is -0.806. The van der Waals surface area contributed by atoms with Gasteiger partial charge in [0.15, 0.2) is 0 Å². The summed E-state index contributed by atoms with van der Waals surface area (Å²) in [5.74, 6) is 0. The predicted octanol–water partition coefficient (Wildman–Crippen LogP) is 3.43. The van der Waals surface area contributed by atoms with Gasteiger partial charge in [0.1, 0.15) is 0 Å². The van der Waals surface area contributed by atoms with Gasteiger partial charge in [0.2, 0.25) is 0 Å². The van der Waals surface area contributed by atoms with Gasteiger partial charge in [-0.1, -0.05) is 13.8 Å². The second-order valence-electron chi connectivity index (χ2n) is 2.85. The molecule has 0 nitrogen and oxygen atoms in total. The van der Waals surface area contributed by atoms with Crippen LogP contribution in [0.4, 0.5) is 0 Å². The molecule has 0 aliphatic carbocycles. The Morgan fingerprint density at radius 1 is 1.08 bits per heavy atom. The smallest absolute Gasteiger partial charge is 0 e. The third-order valence-corrected chi connectivity index (χ3v) is 1.87. The summed E-state index contributed by atoms with van der Waals surface area (Å²) in [5, 5.41) is 0. The molecular weight excluding hydrogens is 203 g/mol. The first-order valence-corrected chi connectivity index (χ1v) is 4.16. The van der Waals surface area contributed by atoms with E-state index in [2.05, 4.69) is 32.0 Å². The third kappa shape index (κ3) is 4.70. The average Bonchev–Trinajstić information content (AvgIpc) is 2.67.